The number of nitrogens with one attached hydrogen (secondary N) is 2. The predicted molar refractivity (Wildman–Crippen MR) is 112 cm³/mol. The van der Waals surface area contributed by atoms with E-state index in [1.165, 1.54) is 5.56 Å². The van der Waals surface area contributed by atoms with Gasteiger partial charge in [0.25, 0.3) is 5.91 Å². The molecule has 2 N–H and O–H groups in total. The summed E-state index contributed by atoms with van der Waals surface area (Å²) in [6, 6.07) is 19.4. The van der Waals surface area contributed by atoms with Gasteiger partial charge in [0.1, 0.15) is 11.4 Å². The number of aryl methyl sites for hydroxylation is 1. The van der Waals surface area contributed by atoms with E-state index in [4.69, 9.17) is 4.74 Å². The Hall–Kier alpha value is -3.34. The highest BCUT2D eigenvalue weighted by Crippen LogP contribution is 2.21. The summed E-state index contributed by atoms with van der Waals surface area (Å²) < 4.78 is 5.65. The summed E-state index contributed by atoms with van der Waals surface area (Å²) in [5.74, 6) is 0.622. The monoisotopic (exact) mass is 375 g/mol. The molecule has 0 fully saturated rings. The first kappa shape index (κ1) is 19.4. The van der Waals surface area contributed by atoms with Gasteiger partial charge in [-0.3, -0.25) is 9.78 Å². The highest BCUT2D eigenvalue weighted by molar-refractivity contribution is 5.93. The Kier molecular flexibility index (Phi) is 6.27. The first-order valence-corrected chi connectivity index (χ1v) is 9.33. The minimum Gasteiger partial charge on any atom is -0.491 e. The predicted octanol–water partition coefficient (Wildman–Crippen LogP) is 4.85. The molecular weight excluding hydrogens is 350 g/mol. The van der Waals surface area contributed by atoms with Gasteiger partial charge in [0.15, 0.2) is 0 Å². The maximum absolute atomic E-state index is 12.4. The lowest BCUT2D eigenvalue weighted by atomic mass is 10.1. The molecule has 2 aromatic carbocycles. The lowest BCUT2D eigenvalue weighted by Crippen LogP contribution is -2.23. The van der Waals surface area contributed by atoms with Crippen molar-refractivity contribution < 1.29 is 9.53 Å². The van der Waals surface area contributed by atoms with Crippen molar-refractivity contribution in [2.45, 2.75) is 33.4 Å². The van der Waals surface area contributed by atoms with Gasteiger partial charge in [-0.25, -0.2) is 0 Å². The van der Waals surface area contributed by atoms with Crippen molar-refractivity contribution in [2.24, 2.45) is 0 Å². The Morgan fingerprint density at radius 1 is 1.00 bits per heavy atom. The molecule has 5 heteroatoms. The molecule has 3 aromatic rings. The fourth-order valence-electron chi connectivity index (χ4n) is 2.67. The minimum atomic E-state index is -0.204. The topological polar surface area (TPSA) is 63.2 Å². The maximum Gasteiger partial charge on any atom is 0.270 e. The molecule has 144 valence electrons. The quantitative estimate of drug-likeness (QED) is 0.620. The molecule has 0 saturated carbocycles. The zero-order valence-electron chi connectivity index (χ0n) is 16.4. The molecular formula is C23H25N3O2. The van der Waals surface area contributed by atoms with E-state index in [2.05, 4.69) is 15.6 Å². The van der Waals surface area contributed by atoms with Crippen LogP contribution >= 0.6 is 0 Å². The number of amides is 1. The van der Waals surface area contributed by atoms with Crippen LogP contribution in [0.3, 0.4) is 0 Å². The van der Waals surface area contributed by atoms with Crippen LogP contribution in [0, 0.1) is 6.92 Å². The Balaban J connectivity index is 1.61. The van der Waals surface area contributed by atoms with Crippen LogP contribution in [0.1, 0.15) is 35.5 Å². The number of pyridine rings is 1. The van der Waals surface area contributed by atoms with E-state index < -0.39 is 0 Å². The SMILES string of the molecule is Cc1ccc(CNC(=O)c2cc(Nc3ccc(OC(C)C)cc3)ccn2)cc1. The lowest BCUT2D eigenvalue weighted by Gasteiger charge is -2.11. The van der Waals surface area contributed by atoms with E-state index in [0.29, 0.717) is 12.2 Å². The van der Waals surface area contributed by atoms with Gasteiger partial charge in [0.05, 0.1) is 6.10 Å². The zero-order valence-corrected chi connectivity index (χ0v) is 16.4. The number of hydrogen-bond donors (Lipinski definition) is 2. The van der Waals surface area contributed by atoms with Gasteiger partial charge in [-0.2, -0.15) is 0 Å². The molecule has 0 saturated heterocycles. The van der Waals surface area contributed by atoms with Gasteiger partial charge in [-0.05, 0) is 62.7 Å². The number of rotatable bonds is 7. The zero-order chi connectivity index (χ0) is 19.9. The summed E-state index contributed by atoms with van der Waals surface area (Å²) >= 11 is 0. The van der Waals surface area contributed by atoms with Crippen molar-refractivity contribution in [1.29, 1.82) is 0 Å². The molecule has 0 aliphatic rings. The molecule has 0 spiro atoms. The fourth-order valence-corrected chi connectivity index (χ4v) is 2.67. The number of carbonyl (C=O) groups excluding carboxylic acids is 1. The summed E-state index contributed by atoms with van der Waals surface area (Å²) in [5.41, 5.74) is 4.33. The number of aromatic nitrogens is 1. The molecule has 0 aliphatic carbocycles. The van der Waals surface area contributed by atoms with E-state index in [1.807, 2.05) is 75.4 Å². The van der Waals surface area contributed by atoms with Crippen molar-refractivity contribution in [1.82, 2.24) is 10.3 Å². The van der Waals surface area contributed by atoms with Crippen molar-refractivity contribution in [2.75, 3.05) is 5.32 Å². The highest BCUT2D eigenvalue weighted by atomic mass is 16.5. The third-order valence-corrected chi connectivity index (χ3v) is 4.08. The molecule has 0 aliphatic heterocycles. The number of anilines is 2. The van der Waals surface area contributed by atoms with E-state index in [-0.39, 0.29) is 12.0 Å². The molecule has 3 rings (SSSR count). The number of nitrogens with zero attached hydrogens (tertiary/aromatic N) is 1. The Labute approximate surface area is 165 Å². The van der Waals surface area contributed by atoms with Gasteiger partial charge < -0.3 is 15.4 Å². The summed E-state index contributed by atoms with van der Waals surface area (Å²) in [6.45, 7) is 6.49. The summed E-state index contributed by atoms with van der Waals surface area (Å²) in [6.07, 6.45) is 1.76. The second-order valence-corrected chi connectivity index (χ2v) is 6.91. The summed E-state index contributed by atoms with van der Waals surface area (Å²) in [7, 11) is 0. The largest absolute Gasteiger partial charge is 0.491 e. The third-order valence-electron chi connectivity index (χ3n) is 4.08. The van der Waals surface area contributed by atoms with Gasteiger partial charge in [-0.15, -0.1) is 0 Å². The van der Waals surface area contributed by atoms with E-state index in [0.717, 1.165) is 22.7 Å². The molecule has 0 atom stereocenters. The van der Waals surface area contributed by atoms with Crippen LogP contribution in [0.15, 0.2) is 66.9 Å². The maximum atomic E-state index is 12.4. The number of ether oxygens (including phenoxy) is 1. The first-order valence-electron chi connectivity index (χ1n) is 9.33. The molecule has 0 unspecified atom stereocenters. The van der Waals surface area contributed by atoms with Crippen LogP contribution in [-0.4, -0.2) is 17.0 Å². The number of carbonyl (C=O) groups is 1. The molecule has 1 heterocycles. The van der Waals surface area contributed by atoms with Crippen molar-refractivity contribution in [3.8, 4) is 5.75 Å². The molecule has 0 bridgehead atoms. The van der Waals surface area contributed by atoms with Crippen LogP contribution < -0.4 is 15.4 Å². The third kappa shape index (κ3) is 5.58. The highest BCUT2D eigenvalue weighted by Gasteiger charge is 2.08. The van der Waals surface area contributed by atoms with Crippen LogP contribution in [0.2, 0.25) is 0 Å². The molecule has 28 heavy (non-hydrogen) atoms. The fraction of sp³-hybridized carbons (Fsp3) is 0.217. The van der Waals surface area contributed by atoms with Gasteiger partial charge in [-0.1, -0.05) is 29.8 Å². The average molecular weight is 375 g/mol. The van der Waals surface area contributed by atoms with Crippen LogP contribution in [0.4, 0.5) is 11.4 Å². The second kappa shape index (κ2) is 9.04. The van der Waals surface area contributed by atoms with Crippen molar-refractivity contribution >= 4 is 17.3 Å². The molecule has 1 amide bonds. The van der Waals surface area contributed by atoms with Crippen LogP contribution in [0.5, 0.6) is 5.75 Å². The lowest BCUT2D eigenvalue weighted by molar-refractivity contribution is 0.0946. The van der Waals surface area contributed by atoms with Gasteiger partial charge in [0.2, 0.25) is 0 Å². The smallest absolute Gasteiger partial charge is 0.270 e. The first-order chi connectivity index (χ1) is 13.5. The van der Waals surface area contributed by atoms with Crippen molar-refractivity contribution in [3.63, 3.8) is 0 Å². The summed E-state index contributed by atoms with van der Waals surface area (Å²) in [5, 5.41) is 6.19. The molecule has 1 aromatic heterocycles. The second-order valence-electron chi connectivity index (χ2n) is 6.91. The number of benzene rings is 2. The molecule has 5 nitrogen and oxygen atoms in total. The van der Waals surface area contributed by atoms with Crippen LogP contribution in [-0.2, 0) is 6.54 Å². The van der Waals surface area contributed by atoms with Crippen LogP contribution in [0.25, 0.3) is 0 Å². The number of hydrogen-bond acceptors (Lipinski definition) is 4. The standard InChI is InChI=1S/C23H25N3O2/c1-16(2)28-21-10-8-19(9-11-21)26-20-12-13-24-22(14-20)23(27)25-15-18-6-4-17(3)5-7-18/h4-14,16H,15H2,1-3H3,(H,24,26)(H,25,27). The Morgan fingerprint density at radius 2 is 1.71 bits per heavy atom. The van der Waals surface area contributed by atoms with E-state index in [1.54, 1.807) is 12.3 Å². The summed E-state index contributed by atoms with van der Waals surface area (Å²) in [4.78, 5) is 16.6. The van der Waals surface area contributed by atoms with Gasteiger partial charge in [0, 0.05) is 24.1 Å². The molecule has 0 radical (unpaired) electrons. The van der Waals surface area contributed by atoms with E-state index >= 15 is 0 Å². The van der Waals surface area contributed by atoms with Crippen molar-refractivity contribution in [3.05, 3.63) is 83.7 Å². The van der Waals surface area contributed by atoms with E-state index in [9.17, 15) is 4.79 Å². The minimum absolute atomic E-state index is 0.139. The Morgan fingerprint density at radius 3 is 2.39 bits per heavy atom. The Bertz CT molecular complexity index is 919. The van der Waals surface area contributed by atoms with Gasteiger partial charge >= 0.3 is 0 Å². The normalized spacial score (nSPS) is 10.6. The average Bonchev–Trinajstić information content (AvgIpc) is 2.69.